The van der Waals surface area contributed by atoms with Gasteiger partial charge in [-0.2, -0.15) is 5.10 Å². The molecule has 1 rings (SSSR count). The van der Waals surface area contributed by atoms with Crippen LogP contribution in [0.15, 0.2) is 6.20 Å². The van der Waals surface area contributed by atoms with Crippen molar-refractivity contribution in [3.63, 3.8) is 0 Å². The first-order valence-electron chi connectivity index (χ1n) is 5.64. The number of nitrogens with one attached hydrogen (secondary N) is 1. The summed E-state index contributed by atoms with van der Waals surface area (Å²) < 4.78 is 1.90. The van der Waals surface area contributed by atoms with Crippen LogP contribution in [-0.4, -0.2) is 16.3 Å². The first kappa shape index (κ1) is 12.2. The molecule has 0 aliphatic rings. The van der Waals surface area contributed by atoms with Crippen LogP contribution in [-0.2, 0) is 20.0 Å². The van der Waals surface area contributed by atoms with E-state index >= 15 is 0 Å². The van der Waals surface area contributed by atoms with E-state index in [0.717, 1.165) is 19.5 Å². The molecule has 0 radical (unpaired) electrons. The summed E-state index contributed by atoms with van der Waals surface area (Å²) in [4.78, 5) is 0. The maximum atomic E-state index is 4.42. The summed E-state index contributed by atoms with van der Waals surface area (Å²) >= 11 is 0. The minimum atomic E-state index is 0.342. The molecule has 86 valence electrons. The van der Waals surface area contributed by atoms with Gasteiger partial charge in [0.2, 0.25) is 0 Å². The van der Waals surface area contributed by atoms with Gasteiger partial charge in [-0.05, 0) is 11.8 Å². The fourth-order valence-electron chi connectivity index (χ4n) is 1.60. The van der Waals surface area contributed by atoms with Crippen LogP contribution >= 0.6 is 0 Å². The fraction of sp³-hybridized carbons (Fsp3) is 0.750. The number of hydrogen-bond donors (Lipinski definition) is 1. The Kier molecular flexibility index (Phi) is 3.91. The third kappa shape index (κ3) is 4.04. The number of aryl methyl sites for hydroxylation is 2. The van der Waals surface area contributed by atoms with Gasteiger partial charge in [0, 0.05) is 31.9 Å². The lowest BCUT2D eigenvalue weighted by molar-refractivity contribution is 0.379. The lowest BCUT2D eigenvalue weighted by Crippen LogP contribution is -2.26. The average Bonchev–Trinajstić information content (AvgIpc) is 2.44. The predicted molar refractivity (Wildman–Crippen MR) is 63.7 cm³/mol. The fourth-order valence-corrected chi connectivity index (χ4v) is 1.60. The smallest absolute Gasteiger partial charge is 0.0666 e. The van der Waals surface area contributed by atoms with Crippen LogP contribution in [0.1, 0.15) is 39.0 Å². The van der Waals surface area contributed by atoms with E-state index in [1.807, 2.05) is 11.7 Å². The van der Waals surface area contributed by atoms with Crippen LogP contribution in [0, 0.1) is 5.41 Å². The van der Waals surface area contributed by atoms with E-state index in [9.17, 15) is 0 Å². The second-order valence-corrected chi connectivity index (χ2v) is 5.29. The monoisotopic (exact) mass is 209 g/mol. The predicted octanol–water partition coefficient (Wildman–Crippen LogP) is 2.12. The van der Waals surface area contributed by atoms with Crippen molar-refractivity contribution in [3.05, 3.63) is 17.5 Å². The summed E-state index contributed by atoms with van der Waals surface area (Å²) in [6.07, 6.45) is 3.11. The molecule has 0 amide bonds. The summed E-state index contributed by atoms with van der Waals surface area (Å²) in [5.41, 5.74) is 2.87. The second-order valence-electron chi connectivity index (χ2n) is 5.29. The minimum Gasteiger partial charge on any atom is -0.312 e. The molecule has 1 N–H and O–H groups in total. The zero-order valence-electron chi connectivity index (χ0n) is 10.6. The molecule has 0 atom stereocenters. The minimum absolute atomic E-state index is 0.342. The molecule has 0 aliphatic heterocycles. The molecule has 15 heavy (non-hydrogen) atoms. The van der Waals surface area contributed by atoms with E-state index in [1.54, 1.807) is 0 Å². The number of aromatic nitrogens is 2. The van der Waals surface area contributed by atoms with Gasteiger partial charge in [0.25, 0.3) is 0 Å². The summed E-state index contributed by atoms with van der Waals surface area (Å²) in [6, 6.07) is 0. The Hall–Kier alpha value is -0.830. The van der Waals surface area contributed by atoms with Crippen LogP contribution in [0.25, 0.3) is 0 Å². The Morgan fingerprint density at radius 2 is 2.07 bits per heavy atom. The third-order valence-corrected chi connectivity index (χ3v) is 2.30. The maximum absolute atomic E-state index is 4.42. The molecule has 0 bridgehead atoms. The van der Waals surface area contributed by atoms with Crippen molar-refractivity contribution in [2.45, 2.75) is 40.7 Å². The van der Waals surface area contributed by atoms with Gasteiger partial charge in [0.1, 0.15) is 0 Å². The van der Waals surface area contributed by atoms with Gasteiger partial charge < -0.3 is 5.32 Å². The Bertz CT molecular complexity index is 307. The van der Waals surface area contributed by atoms with E-state index in [2.05, 4.69) is 44.3 Å². The summed E-state index contributed by atoms with van der Waals surface area (Å²) in [5, 5.41) is 7.90. The molecule has 1 aromatic heterocycles. The van der Waals surface area contributed by atoms with Crippen LogP contribution < -0.4 is 5.32 Å². The first-order chi connectivity index (χ1) is 6.92. The van der Waals surface area contributed by atoms with Gasteiger partial charge in [-0.25, -0.2) is 0 Å². The molecule has 0 saturated heterocycles. The van der Waals surface area contributed by atoms with Crippen LogP contribution in [0.4, 0.5) is 0 Å². The molecule has 1 aromatic rings. The highest BCUT2D eigenvalue weighted by atomic mass is 15.3. The molecular formula is C12H23N3. The molecule has 3 heteroatoms. The Morgan fingerprint density at radius 3 is 2.60 bits per heavy atom. The highest BCUT2D eigenvalue weighted by Crippen LogP contribution is 2.12. The second kappa shape index (κ2) is 4.79. The van der Waals surface area contributed by atoms with E-state index in [-0.39, 0.29) is 0 Å². The van der Waals surface area contributed by atoms with Crippen molar-refractivity contribution >= 4 is 0 Å². The molecule has 0 aliphatic carbocycles. The van der Waals surface area contributed by atoms with Gasteiger partial charge in [-0.3, -0.25) is 4.68 Å². The van der Waals surface area contributed by atoms with Gasteiger partial charge in [-0.15, -0.1) is 0 Å². The van der Waals surface area contributed by atoms with Crippen molar-refractivity contribution in [1.29, 1.82) is 0 Å². The van der Waals surface area contributed by atoms with E-state index in [0.29, 0.717) is 5.41 Å². The van der Waals surface area contributed by atoms with Gasteiger partial charge in [0.05, 0.1) is 5.69 Å². The summed E-state index contributed by atoms with van der Waals surface area (Å²) in [7, 11) is 1.98. The van der Waals surface area contributed by atoms with E-state index in [1.165, 1.54) is 11.3 Å². The van der Waals surface area contributed by atoms with Crippen LogP contribution in [0.5, 0.6) is 0 Å². The lowest BCUT2D eigenvalue weighted by Gasteiger charge is -2.18. The molecule has 0 saturated carbocycles. The zero-order chi connectivity index (χ0) is 11.5. The Morgan fingerprint density at radius 1 is 1.40 bits per heavy atom. The number of rotatable bonds is 4. The molecule has 0 unspecified atom stereocenters. The molecule has 0 fully saturated rings. The number of hydrogen-bond acceptors (Lipinski definition) is 2. The van der Waals surface area contributed by atoms with Crippen molar-refractivity contribution in [1.82, 2.24) is 15.1 Å². The Labute approximate surface area is 92.9 Å². The molecule has 0 spiro atoms. The quantitative estimate of drug-likeness (QED) is 0.823. The average molecular weight is 209 g/mol. The van der Waals surface area contributed by atoms with Crippen molar-refractivity contribution in [2.24, 2.45) is 12.5 Å². The summed E-state index contributed by atoms with van der Waals surface area (Å²) in [6.45, 7) is 10.8. The normalized spacial score (nSPS) is 12.1. The zero-order valence-corrected chi connectivity index (χ0v) is 10.6. The highest BCUT2D eigenvalue weighted by molar-refractivity contribution is 5.16. The maximum Gasteiger partial charge on any atom is 0.0666 e. The van der Waals surface area contributed by atoms with Gasteiger partial charge in [0.15, 0.2) is 0 Å². The lowest BCUT2D eigenvalue weighted by atomic mass is 9.97. The van der Waals surface area contributed by atoms with Crippen LogP contribution in [0.2, 0.25) is 0 Å². The van der Waals surface area contributed by atoms with Crippen LogP contribution in [0.3, 0.4) is 0 Å². The topological polar surface area (TPSA) is 29.9 Å². The molecule has 0 aromatic carbocycles. The first-order valence-corrected chi connectivity index (χ1v) is 5.64. The highest BCUT2D eigenvalue weighted by Gasteiger charge is 2.10. The summed E-state index contributed by atoms with van der Waals surface area (Å²) in [5.74, 6) is 0. The standard InChI is InChI=1S/C12H23N3/c1-6-11-10(8-15(5)14-11)7-13-9-12(2,3)4/h8,13H,6-7,9H2,1-5H3. The molecule has 3 nitrogen and oxygen atoms in total. The van der Waals surface area contributed by atoms with Gasteiger partial charge in [-0.1, -0.05) is 27.7 Å². The van der Waals surface area contributed by atoms with Crippen molar-refractivity contribution in [2.75, 3.05) is 6.54 Å². The van der Waals surface area contributed by atoms with E-state index < -0.39 is 0 Å². The Balaban J connectivity index is 2.50. The largest absolute Gasteiger partial charge is 0.312 e. The third-order valence-electron chi connectivity index (χ3n) is 2.30. The SMILES string of the molecule is CCc1nn(C)cc1CNCC(C)(C)C. The number of nitrogens with zero attached hydrogens (tertiary/aromatic N) is 2. The van der Waals surface area contributed by atoms with Gasteiger partial charge >= 0.3 is 0 Å². The van der Waals surface area contributed by atoms with Crippen molar-refractivity contribution in [3.8, 4) is 0 Å². The van der Waals surface area contributed by atoms with E-state index in [4.69, 9.17) is 0 Å². The molecule has 1 heterocycles. The molecular weight excluding hydrogens is 186 g/mol. The van der Waals surface area contributed by atoms with Crippen molar-refractivity contribution < 1.29 is 0 Å².